The van der Waals surface area contributed by atoms with Crippen molar-refractivity contribution in [2.75, 3.05) is 32.8 Å². The number of ether oxygens (including phenoxy) is 1. The van der Waals surface area contributed by atoms with Gasteiger partial charge < -0.3 is 10.1 Å². The third kappa shape index (κ3) is 5.21. The van der Waals surface area contributed by atoms with Crippen molar-refractivity contribution in [2.24, 2.45) is 0 Å². The lowest BCUT2D eigenvalue weighted by Crippen LogP contribution is -2.39. The lowest BCUT2D eigenvalue weighted by atomic mass is 10.1. The van der Waals surface area contributed by atoms with E-state index in [4.69, 9.17) is 27.9 Å². The van der Waals surface area contributed by atoms with Gasteiger partial charge in [0.1, 0.15) is 0 Å². The van der Waals surface area contributed by atoms with Crippen molar-refractivity contribution in [2.45, 2.75) is 12.5 Å². The summed E-state index contributed by atoms with van der Waals surface area (Å²) in [6.07, 6.45) is 0.982. The maximum atomic E-state index is 12.2. The molecule has 0 aliphatic carbocycles. The first-order valence-corrected chi connectivity index (χ1v) is 9.51. The fraction of sp³-hybridized carbons (Fsp3) is 0.350. The molecule has 1 saturated heterocycles. The van der Waals surface area contributed by atoms with Crippen molar-refractivity contribution in [3.8, 4) is 0 Å². The quantitative estimate of drug-likeness (QED) is 0.749. The van der Waals surface area contributed by atoms with Crippen LogP contribution < -0.4 is 5.32 Å². The Morgan fingerprint density at radius 1 is 1.19 bits per heavy atom. The molecule has 2 aromatic carbocycles. The number of carbonyl (C=O) groups is 1. The summed E-state index contributed by atoms with van der Waals surface area (Å²) in [6, 6.07) is 15.2. The lowest BCUT2D eigenvalue weighted by Gasteiger charge is -2.33. The van der Waals surface area contributed by atoms with E-state index in [1.807, 2.05) is 18.2 Å². The van der Waals surface area contributed by atoms with Crippen molar-refractivity contribution in [1.29, 1.82) is 0 Å². The van der Waals surface area contributed by atoms with Gasteiger partial charge >= 0.3 is 0 Å². The van der Waals surface area contributed by atoms with Gasteiger partial charge in [-0.3, -0.25) is 9.69 Å². The Kier molecular flexibility index (Phi) is 6.92. The van der Waals surface area contributed by atoms with E-state index in [1.54, 1.807) is 18.2 Å². The van der Waals surface area contributed by atoms with Gasteiger partial charge in [0.2, 0.25) is 0 Å². The van der Waals surface area contributed by atoms with Gasteiger partial charge in [-0.1, -0.05) is 53.5 Å². The average molecular weight is 393 g/mol. The summed E-state index contributed by atoms with van der Waals surface area (Å²) in [7, 11) is 0. The summed E-state index contributed by atoms with van der Waals surface area (Å²) < 4.78 is 5.88. The Hall–Kier alpha value is -1.59. The molecule has 1 fully saturated rings. The number of rotatable bonds is 6. The topological polar surface area (TPSA) is 41.6 Å². The molecule has 1 atom stereocenters. The highest BCUT2D eigenvalue weighted by molar-refractivity contribution is 6.35. The minimum Gasteiger partial charge on any atom is -0.371 e. The number of benzene rings is 2. The lowest BCUT2D eigenvalue weighted by molar-refractivity contribution is -0.0301. The van der Waals surface area contributed by atoms with E-state index in [-0.39, 0.29) is 12.0 Å². The highest BCUT2D eigenvalue weighted by Crippen LogP contribution is 2.22. The SMILES string of the molecule is O=C(NCCCN1CCOC(c2ccccc2)C1)c1cc(Cl)ccc1Cl. The van der Waals surface area contributed by atoms with Crippen molar-refractivity contribution in [3.05, 3.63) is 69.7 Å². The van der Waals surface area contributed by atoms with E-state index in [0.717, 1.165) is 32.7 Å². The molecule has 0 aromatic heterocycles. The molecular weight excluding hydrogens is 371 g/mol. The van der Waals surface area contributed by atoms with Crippen LogP contribution in [0.2, 0.25) is 10.0 Å². The van der Waals surface area contributed by atoms with Crippen LogP contribution in [0.25, 0.3) is 0 Å². The number of nitrogens with zero attached hydrogens (tertiary/aromatic N) is 1. The smallest absolute Gasteiger partial charge is 0.252 e. The van der Waals surface area contributed by atoms with Gasteiger partial charge in [-0.15, -0.1) is 0 Å². The van der Waals surface area contributed by atoms with E-state index in [2.05, 4.69) is 22.3 Å². The molecule has 0 radical (unpaired) electrons. The summed E-state index contributed by atoms with van der Waals surface area (Å²) in [6.45, 7) is 4.02. The van der Waals surface area contributed by atoms with Gasteiger partial charge in [0.25, 0.3) is 5.91 Å². The summed E-state index contributed by atoms with van der Waals surface area (Å²) in [4.78, 5) is 14.6. The molecule has 1 amide bonds. The molecule has 1 heterocycles. The zero-order valence-corrected chi connectivity index (χ0v) is 16.0. The van der Waals surface area contributed by atoms with E-state index < -0.39 is 0 Å². The molecular formula is C20H22Cl2N2O2. The molecule has 4 nitrogen and oxygen atoms in total. The first-order chi connectivity index (χ1) is 12.6. The summed E-state index contributed by atoms with van der Waals surface area (Å²) >= 11 is 12.0. The second kappa shape index (κ2) is 9.38. The van der Waals surface area contributed by atoms with Crippen molar-refractivity contribution in [1.82, 2.24) is 10.2 Å². The van der Waals surface area contributed by atoms with E-state index >= 15 is 0 Å². The molecule has 0 bridgehead atoms. The predicted octanol–water partition coefficient (Wildman–Crippen LogP) is 4.19. The number of morpholine rings is 1. The average Bonchev–Trinajstić information content (AvgIpc) is 2.68. The van der Waals surface area contributed by atoms with Gasteiger partial charge in [0, 0.05) is 31.2 Å². The Morgan fingerprint density at radius 3 is 2.81 bits per heavy atom. The number of halogens is 2. The van der Waals surface area contributed by atoms with Gasteiger partial charge in [-0.2, -0.15) is 0 Å². The molecule has 1 aliphatic heterocycles. The van der Waals surface area contributed by atoms with Crippen LogP contribution in [-0.2, 0) is 4.74 Å². The number of amides is 1. The highest BCUT2D eigenvalue weighted by atomic mass is 35.5. The molecule has 6 heteroatoms. The van der Waals surface area contributed by atoms with Gasteiger partial charge in [0.15, 0.2) is 0 Å². The highest BCUT2D eigenvalue weighted by Gasteiger charge is 2.21. The maximum Gasteiger partial charge on any atom is 0.252 e. The molecule has 1 N–H and O–H groups in total. The number of hydrogen-bond acceptors (Lipinski definition) is 3. The summed E-state index contributed by atoms with van der Waals surface area (Å²) in [5.74, 6) is -0.193. The largest absolute Gasteiger partial charge is 0.371 e. The normalized spacial score (nSPS) is 17.8. The summed E-state index contributed by atoms with van der Waals surface area (Å²) in [5, 5.41) is 3.82. The number of carbonyl (C=O) groups excluding carboxylic acids is 1. The van der Waals surface area contributed by atoms with Crippen molar-refractivity contribution in [3.63, 3.8) is 0 Å². The van der Waals surface area contributed by atoms with Crippen molar-refractivity contribution >= 4 is 29.1 Å². The molecule has 0 spiro atoms. The van der Waals surface area contributed by atoms with E-state index in [1.165, 1.54) is 5.56 Å². The standard InChI is InChI=1S/C20H22Cl2N2O2/c21-16-7-8-18(22)17(13-16)20(25)23-9-4-10-24-11-12-26-19(14-24)15-5-2-1-3-6-15/h1-3,5-8,13,19H,4,9-12,14H2,(H,23,25). The minimum absolute atomic E-state index is 0.116. The van der Waals surface area contributed by atoms with E-state index in [0.29, 0.717) is 22.2 Å². The van der Waals surface area contributed by atoms with Crippen LogP contribution in [0, 0.1) is 0 Å². The van der Waals surface area contributed by atoms with E-state index in [9.17, 15) is 4.79 Å². The van der Waals surface area contributed by atoms with Crippen LogP contribution in [0.3, 0.4) is 0 Å². The third-order valence-corrected chi connectivity index (χ3v) is 5.00. The first kappa shape index (κ1) is 19.2. The van der Waals surface area contributed by atoms with Crippen LogP contribution >= 0.6 is 23.2 Å². The second-order valence-corrected chi connectivity index (χ2v) is 7.15. The third-order valence-electron chi connectivity index (χ3n) is 4.43. The van der Waals surface area contributed by atoms with Gasteiger partial charge in [-0.25, -0.2) is 0 Å². The molecule has 138 valence electrons. The molecule has 1 aliphatic rings. The monoisotopic (exact) mass is 392 g/mol. The minimum atomic E-state index is -0.193. The Balaban J connectivity index is 1.43. The van der Waals surface area contributed by atoms with Crippen LogP contribution in [0.4, 0.5) is 0 Å². The zero-order chi connectivity index (χ0) is 18.4. The van der Waals surface area contributed by atoms with Crippen LogP contribution in [-0.4, -0.2) is 43.6 Å². The maximum absolute atomic E-state index is 12.2. The van der Waals surface area contributed by atoms with Crippen LogP contribution in [0.15, 0.2) is 48.5 Å². The fourth-order valence-corrected chi connectivity index (χ4v) is 3.42. The molecule has 3 rings (SSSR count). The molecule has 2 aromatic rings. The molecule has 1 unspecified atom stereocenters. The zero-order valence-electron chi connectivity index (χ0n) is 14.5. The Bertz CT molecular complexity index is 740. The van der Waals surface area contributed by atoms with Crippen LogP contribution in [0.1, 0.15) is 28.4 Å². The molecule has 26 heavy (non-hydrogen) atoms. The number of nitrogens with one attached hydrogen (secondary N) is 1. The van der Waals surface area contributed by atoms with Crippen LogP contribution in [0.5, 0.6) is 0 Å². The Morgan fingerprint density at radius 2 is 2.00 bits per heavy atom. The second-order valence-electron chi connectivity index (χ2n) is 6.30. The van der Waals surface area contributed by atoms with Crippen molar-refractivity contribution < 1.29 is 9.53 Å². The Labute approximate surface area is 164 Å². The first-order valence-electron chi connectivity index (χ1n) is 8.75. The van der Waals surface area contributed by atoms with Gasteiger partial charge in [0.05, 0.1) is 23.3 Å². The predicted molar refractivity (Wildman–Crippen MR) is 105 cm³/mol. The fourth-order valence-electron chi connectivity index (χ4n) is 3.05. The molecule has 0 saturated carbocycles. The number of hydrogen-bond donors (Lipinski definition) is 1. The van der Waals surface area contributed by atoms with Gasteiger partial charge in [-0.05, 0) is 30.2 Å². The summed E-state index contributed by atoms with van der Waals surface area (Å²) in [5.41, 5.74) is 1.62.